The molecule has 2 rings (SSSR count). The van der Waals surface area contributed by atoms with Crippen LogP contribution in [0.15, 0.2) is 60.7 Å². The third kappa shape index (κ3) is 14.5. The van der Waals surface area contributed by atoms with Gasteiger partial charge in [-0.15, -0.1) is 0 Å². The average Bonchev–Trinajstić information content (AvgIpc) is 2.98. The molecule has 8 nitrogen and oxygen atoms in total. The van der Waals surface area contributed by atoms with Gasteiger partial charge in [0.2, 0.25) is 11.8 Å². The Morgan fingerprint density at radius 2 is 0.902 bits per heavy atom. The van der Waals surface area contributed by atoms with Crippen LogP contribution in [0.1, 0.15) is 82.8 Å². The Hall–Kier alpha value is -3.68. The lowest BCUT2D eigenvalue weighted by Gasteiger charge is -2.23. The van der Waals surface area contributed by atoms with Crippen molar-refractivity contribution in [2.45, 2.75) is 84.7 Å². The van der Waals surface area contributed by atoms with Gasteiger partial charge in [-0.25, -0.2) is 0 Å². The van der Waals surface area contributed by atoms with Gasteiger partial charge in [-0.05, 0) is 37.8 Å². The largest absolute Gasteiger partial charge is 0.466 e. The highest BCUT2D eigenvalue weighted by atomic mass is 16.5. The normalized spacial score (nSPS) is 10.6. The molecule has 2 aromatic rings. The van der Waals surface area contributed by atoms with Crippen LogP contribution in [0.3, 0.4) is 0 Å². The van der Waals surface area contributed by atoms with Gasteiger partial charge in [0.05, 0.1) is 26.1 Å². The molecule has 0 aliphatic rings. The van der Waals surface area contributed by atoms with Crippen molar-refractivity contribution in [1.82, 2.24) is 9.80 Å². The van der Waals surface area contributed by atoms with Crippen molar-refractivity contribution in [3.63, 3.8) is 0 Å². The van der Waals surface area contributed by atoms with Crippen LogP contribution in [-0.4, -0.2) is 59.9 Å². The van der Waals surface area contributed by atoms with Crippen LogP contribution in [-0.2, 0) is 41.7 Å². The predicted octanol–water partition coefficient (Wildman–Crippen LogP) is 5.68. The molecule has 0 atom stereocenters. The number of esters is 2. The van der Waals surface area contributed by atoms with Crippen LogP contribution in [0.25, 0.3) is 0 Å². The molecule has 0 aliphatic heterocycles. The molecular formula is C33H46N2O6. The summed E-state index contributed by atoms with van der Waals surface area (Å²) in [5.41, 5.74) is 2.05. The Morgan fingerprint density at radius 3 is 1.27 bits per heavy atom. The first-order valence-electron chi connectivity index (χ1n) is 14.9. The minimum Gasteiger partial charge on any atom is -0.466 e. The lowest BCUT2D eigenvalue weighted by molar-refractivity contribution is -0.145. The summed E-state index contributed by atoms with van der Waals surface area (Å²) >= 11 is 0. The van der Waals surface area contributed by atoms with Gasteiger partial charge in [-0.2, -0.15) is 0 Å². The molecule has 0 saturated carbocycles. The zero-order valence-corrected chi connectivity index (χ0v) is 24.7. The second-order valence-electron chi connectivity index (χ2n) is 9.98. The molecule has 0 fully saturated rings. The summed E-state index contributed by atoms with van der Waals surface area (Å²) in [7, 11) is 0. The van der Waals surface area contributed by atoms with E-state index in [0.717, 1.165) is 43.2 Å². The number of unbranched alkanes of at least 4 members (excludes halogenated alkanes) is 4. The van der Waals surface area contributed by atoms with Crippen LogP contribution in [0.5, 0.6) is 0 Å². The number of benzene rings is 2. The molecule has 0 radical (unpaired) electrons. The number of hydrogen-bond acceptors (Lipinski definition) is 6. The molecule has 0 N–H and O–H groups in total. The Balaban J connectivity index is 1.74. The van der Waals surface area contributed by atoms with Crippen LogP contribution in [0.2, 0.25) is 0 Å². The molecular weight excluding hydrogens is 520 g/mol. The molecule has 224 valence electrons. The quantitative estimate of drug-likeness (QED) is 0.151. The van der Waals surface area contributed by atoms with Gasteiger partial charge >= 0.3 is 11.9 Å². The molecule has 0 bridgehead atoms. The van der Waals surface area contributed by atoms with E-state index >= 15 is 0 Å². The molecule has 0 spiro atoms. The van der Waals surface area contributed by atoms with Crippen molar-refractivity contribution in [2.75, 3.05) is 26.3 Å². The number of ether oxygens (including phenoxy) is 2. The highest BCUT2D eigenvalue weighted by molar-refractivity contribution is 5.78. The topological polar surface area (TPSA) is 93.2 Å². The van der Waals surface area contributed by atoms with Crippen molar-refractivity contribution >= 4 is 23.8 Å². The first-order valence-corrected chi connectivity index (χ1v) is 14.9. The standard InChI is InChI=1S/C33H46N2O6/c1-3-40-32(38)22-24-34(26-28-16-10-8-11-17-28)30(36)20-14-6-5-7-15-21-31(37)35(25-23-33(39)41-4-2)27-29-18-12-9-13-19-29/h8-13,16-19H,3-7,14-15,20-27H2,1-2H3. The van der Waals surface area contributed by atoms with Crippen LogP contribution >= 0.6 is 0 Å². The lowest BCUT2D eigenvalue weighted by atomic mass is 10.1. The third-order valence-electron chi connectivity index (χ3n) is 6.70. The van der Waals surface area contributed by atoms with E-state index in [1.165, 1.54) is 0 Å². The van der Waals surface area contributed by atoms with E-state index in [1.54, 1.807) is 23.6 Å². The van der Waals surface area contributed by atoms with Crippen LogP contribution in [0, 0.1) is 0 Å². The molecule has 0 heterocycles. The highest BCUT2D eigenvalue weighted by Gasteiger charge is 2.17. The molecule has 41 heavy (non-hydrogen) atoms. The molecule has 0 aliphatic carbocycles. The third-order valence-corrected chi connectivity index (χ3v) is 6.70. The minimum atomic E-state index is -0.295. The SMILES string of the molecule is CCOC(=O)CCN(Cc1ccccc1)C(=O)CCCCCCCC(=O)N(CCC(=O)OCC)Cc1ccccc1. The summed E-state index contributed by atoms with van der Waals surface area (Å²) in [5.74, 6) is -0.523. The van der Waals surface area contributed by atoms with E-state index in [1.807, 2.05) is 60.7 Å². The van der Waals surface area contributed by atoms with E-state index in [-0.39, 0.29) is 36.6 Å². The fourth-order valence-electron chi connectivity index (χ4n) is 4.51. The van der Waals surface area contributed by atoms with Crippen LogP contribution < -0.4 is 0 Å². The van der Waals surface area contributed by atoms with E-state index in [0.29, 0.717) is 52.2 Å². The second-order valence-corrected chi connectivity index (χ2v) is 9.98. The summed E-state index contributed by atoms with van der Waals surface area (Å²) in [6, 6.07) is 19.5. The number of nitrogens with zero attached hydrogens (tertiary/aromatic N) is 2. The number of carbonyl (C=O) groups is 4. The first-order chi connectivity index (χ1) is 19.9. The zero-order valence-electron chi connectivity index (χ0n) is 24.7. The Kier molecular flexibility index (Phi) is 16.5. The summed E-state index contributed by atoms with van der Waals surface area (Å²) < 4.78 is 10.1. The summed E-state index contributed by atoms with van der Waals surface area (Å²) in [4.78, 5) is 53.1. The predicted molar refractivity (Wildman–Crippen MR) is 159 cm³/mol. The molecule has 2 amide bonds. The Labute approximate surface area is 245 Å². The Morgan fingerprint density at radius 1 is 0.537 bits per heavy atom. The van der Waals surface area contributed by atoms with Gasteiger partial charge in [0.15, 0.2) is 0 Å². The minimum absolute atomic E-state index is 0.0338. The average molecular weight is 567 g/mol. The second kappa shape index (κ2) is 20.2. The van der Waals surface area contributed by atoms with Gasteiger partial charge in [-0.3, -0.25) is 19.2 Å². The maximum Gasteiger partial charge on any atom is 0.307 e. The Bertz CT molecular complexity index is 961. The van der Waals surface area contributed by atoms with E-state index in [4.69, 9.17) is 9.47 Å². The fraction of sp³-hybridized carbons (Fsp3) is 0.515. The molecule has 8 heteroatoms. The highest BCUT2D eigenvalue weighted by Crippen LogP contribution is 2.14. The maximum absolute atomic E-state index is 13.0. The van der Waals surface area contributed by atoms with Gasteiger partial charge in [-0.1, -0.05) is 79.9 Å². The van der Waals surface area contributed by atoms with Gasteiger partial charge in [0.25, 0.3) is 0 Å². The fourth-order valence-corrected chi connectivity index (χ4v) is 4.51. The maximum atomic E-state index is 13.0. The number of amides is 2. The zero-order chi connectivity index (χ0) is 29.7. The monoisotopic (exact) mass is 566 g/mol. The summed E-state index contributed by atoms with van der Waals surface area (Å²) in [6.07, 6.45) is 5.46. The number of carbonyl (C=O) groups excluding carboxylic acids is 4. The first kappa shape index (κ1) is 33.5. The van der Waals surface area contributed by atoms with Gasteiger partial charge < -0.3 is 19.3 Å². The van der Waals surface area contributed by atoms with Crippen molar-refractivity contribution in [2.24, 2.45) is 0 Å². The van der Waals surface area contributed by atoms with Gasteiger partial charge in [0.1, 0.15) is 0 Å². The molecule has 0 unspecified atom stereocenters. The molecule has 0 saturated heterocycles. The lowest BCUT2D eigenvalue weighted by Crippen LogP contribution is -2.32. The molecule has 2 aromatic carbocycles. The molecule has 0 aromatic heterocycles. The summed E-state index contributed by atoms with van der Waals surface area (Å²) in [6.45, 7) is 5.81. The number of hydrogen-bond donors (Lipinski definition) is 0. The van der Waals surface area contributed by atoms with Crippen LogP contribution in [0.4, 0.5) is 0 Å². The smallest absolute Gasteiger partial charge is 0.307 e. The van der Waals surface area contributed by atoms with E-state index < -0.39 is 0 Å². The van der Waals surface area contributed by atoms with Gasteiger partial charge in [0, 0.05) is 39.0 Å². The van der Waals surface area contributed by atoms with E-state index in [9.17, 15) is 19.2 Å². The van der Waals surface area contributed by atoms with Crippen molar-refractivity contribution in [3.05, 3.63) is 71.8 Å². The number of rotatable bonds is 20. The van der Waals surface area contributed by atoms with Crippen molar-refractivity contribution in [3.8, 4) is 0 Å². The van der Waals surface area contributed by atoms with Crippen molar-refractivity contribution in [1.29, 1.82) is 0 Å². The summed E-state index contributed by atoms with van der Waals surface area (Å²) in [5, 5.41) is 0. The van der Waals surface area contributed by atoms with Crippen molar-refractivity contribution < 1.29 is 28.7 Å². The van der Waals surface area contributed by atoms with E-state index in [2.05, 4.69) is 0 Å².